The molecule has 3 N–H and O–H groups in total. The molecule has 1 amide bonds. The van der Waals surface area contributed by atoms with E-state index in [9.17, 15) is 4.79 Å². The summed E-state index contributed by atoms with van der Waals surface area (Å²) < 4.78 is 10.6. The van der Waals surface area contributed by atoms with Crippen LogP contribution >= 0.6 is 0 Å². The van der Waals surface area contributed by atoms with Gasteiger partial charge < -0.3 is 25.0 Å². The van der Waals surface area contributed by atoms with E-state index in [2.05, 4.69) is 5.32 Å². The largest absolute Gasteiger partial charge is 0.491 e. The molecule has 0 aliphatic heterocycles. The molecule has 0 aromatic heterocycles. The SMILES string of the molecule is Cc1cc(OCCO)ccc1NC(=O)c1ccc(OCCO)cc1. The first-order valence-electron chi connectivity index (χ1n) is 7.63. The van der Waals surface area contributed by atoms with Gasteiger partial charge in [-0.3, -0.25) is 4.79 Å². The zero-order valence-electron chi connectivity index (χ0n) is 13.5. The first kappa shape index (κ1) is 17.8. The second-order valence-corrected chi connectivity index (χ2v) is 5.10. The average molecular weight is 331 g/mol. The third-order valence-electron chi connectivity index (χ3n) is 3.28. The van der Waals surface area contributed by atoms with Gasteiger partial charge in [0.15, 0.2) is 0 Å². The lowest BCUT2D eigenvalue weighted by Crippen LogP contribution is -2.13. The van der Waals surface area contributed by atoms with E-state index in [1.807, 2.05) is 6.92 Å². The van der Waals surface area contributed by atoms with Gasteiger partial charge in [0.1, 0.15) is 24.7 Å². The Labute approximate surface area is 140 Å². The Kier molecular flexibility index (Phi) is 6.60. The minimum absolute atomic E-state index is 0.0461. The molecule has 0 radical (unpaired) electrons. The first-order chi connectivity index (χ1) is 11.6. The number of rotatable bonds is 8. The molecule has 24 heavy (non-hydrogen) atoms. The summed E-state index contributed by atoms with van der Waals surface area (Å²) in [7, 11) is 0. The van der Waals surface area contributed by atoms with Crippen LogP contribution in [0.5, 0.6) is 11.5 Å². The van der Waals surface area contributed by atoms with Crippen molar-refractivity contribution < 1.29 is 24.5 Å². The van der Waals surface area contributed by atoms with E-state index in [1.165, 1.54) is 0 Å². The maximum absolute atomic E-state index is 12.3. The van der Waals surface area contributed by atoms with Crippen molar-refractivity contribution in [1.82, 2.24) is 0 Å². The van der Waals surface area contributed by atoms with Gasteiger partial charge >= 0.3 is 0 Å². The van der Waals surface area contributed by atoms with E-state index in [0.717, 1.165) is 5.56 Å². The highest BCUT2D eigenvalue weighted by Gasteiger charge is 2.09. The van der Waals surface area contributed by atoms with E-state index in [-0.39, 0.29) is 32.3 Å². The lowest BCUT2D eigenvalue weighted by atomic mass is 10.1. The molecule has 0 aliphatic carbocycles. The van der Waals surface area contributed by atoms with Gasteiger partial charge in [-0.15, -0.1) is 0 Å². The molecule has 0 saturated heterocycles. The molecular weight excluding hydrogens is 310 g/mol. The number of hydrogen-bond donors (Lipinski definition) is 3. The minimum atomic E-state index is -0.226. The maximum atomic E-state index is 12.3. The summed E-state index contributed by atoms with van der Waals surface area (Å²) in [6.45, 7) is 2.22. The lowest BCUT2D eigenvalue weighted by Gasteiger charge is -2.11. The number of nitrogens with one attached hydrogen (secondary N) is 1. The van der Waals surface area contributed by atoms with E-state index < -0.39 is 0 Å². The second kappa shape index (κ2) is 8.90. The van der Waals surface area contributed by atoms with Gasteiger partial charge in [0.25, 0.3) is 5.91 Å². The molecule has 0 fully saturated rings. The van der Waals surface area contributed by atoms with E-state index >= 15 is 0 Å². The van der Waals surface area contributed by atoms with Crippen molar-refractivity contribution in [2.24, 2.45) is 0 Å². The molecule has 0 unspecified atom stereocenters. The van der Waals surface area contributed by atoms with Gasteiger partial charge in [0.05, 0.1) is 13.2 Å². The molecule has 128 valence electrons. The van der Waals surface area contributed by atoms with Gasteiger partial charge in [0, 0.05) is 11.3 Å². The molecule has 0 bridgehead atoms. The number of aryl methyl sites for hydroxylation is 1. The topological polar surface area (TPSA) is 88.0 Å². The molecule has 0 spiro atoms. The predicted molar refractivity (Wildman–Crippen MR) is 90.7 cm³/mol. The first-order valence-corrected chi connectivity index (χ1v) is 7.63. The standard InChI is InChI=1S/C18H21NO5/c1-13-12-16(24-11-9-21)6-7-17(13)19-18(22)14-2-4-15(5-3-14)23-10-8-20/h2-7,12,20-21H,8-11H2,1H3,(H,19,22). The number of benzene rings is 2. The maximum Gasteiger partial charge on any atom is 0.255 e. The molecule has 6 nitrogen and oxygen atoms in total. The lowest BCUT2D eigenvalue weighted by molar-refractivity contribution is 0.102. The number of anilines is 1. The van der Waals surface area contributed by atoms with E-state index in [4.69, 9.17) is 19.7 Å². The van der Waals surface area contributed by atoms with Crippen LogP contribution in [0.3, 0.4) is 0 Å². The van der Waals surface area contributed by atoms with Crippen molar-refractivity contribution in [3.63, 3.8) is 0 Å². The highest BCUT2D eigenvalue weighted by Crippen LogP contribution is 2.22. The van der Waals surface area contributed by atoms with Crippen LogP contribution in [-0.2, 0) is 0 Å². The molecular formula is C18H21NO5. The molecule has 0 heterocycles. The summed E-state index contributed by atoms with van der Waals surface area (Å²) in [6.07, 6.45) is 0. The highest BCUT2D eigenvalue weighted by molar-refractivity contribution is 6.04. The van der Waals surface area contributed by atoms with Gasteiger partial charge in [-0.25, -0.2) is 0 Å². The second-order valence-electron chi connectivity index (χ2n) is 5.10. The number of ether oxygens (including phenoxy) is 2. The zero-order valence-corrected chi connectivity index (χ0v) is 13.5. The molecule has 6 heteroatoms. The monoisotopic (exact) mass is 331 g/mol. The van der Waals surface area contributed by atoms with Crippen molar-refractivity contribution in [3.8, 4) is 11.5 Å². The Balaban J connectivity index is 2.01. The van der Waals surface area contributed by atoms with Crippen LogP contribution in [0.25, 0.3) is 0 Å². The highest BCUT2D eigenvalue weighted by atomic mass is 16.5. The predicted octanol–water partition coefficient (Wildman–Crippen LogP) is 1.99. The van der Waals surface area contributed by atoms with Crippen molar-refractivity contribution in [3.05, 3.63) is 53.6 Å². The summed E-state index contributed by atoms with van der Waals surface area (Å²) in [4.78, 5) is 12.3. The summed E-state index contributed by atoms with van der Waals surface area (Å²) in [5, 5.41) is 20.3. The van der Waals surface area contributed by atoms with Gasteiger partial charge in [0.2, 0.25) is 0 Å². The Morgan fingerprint density at radius 3 is 2.12 bits per heavy atom. The molecule has 0 aliphatic rings. The normalized spacial score (nSPS) is 10.3. The van der Waals surface area contributed by atoms with Crippen LogP contribution in [0.2, 0.25) is 0 Å². The number of carbonyl (C=O) groups excluding carboxylic acids is 1. The molecule has 2 rings (SSSR count). The third kappa shape index (κ3) is 4.97. The van der Waals surface area contributed by atoms with Gasteiger partial charge in [-0.05, 0) is 55.0 Å². The Hall–Kier alpha value is -2.57. The van der Waals surface area contributed by atoms with Gasteiger partial charge in [-0.2, -0.15) is 0 Å². The average Bonchev–Trinajstić information content (AvgIpc) is 2.60. The molecule has 0 atom stereocenters. The summed E-state index contributed by atoms with van der Waals surface area (Å²) in [5.74, 6) is 1.02. The van der Waals surface area contributed by atoms with Crippen molar-refractivity contribution >= 4 is 11.6 Å². The van der Waals surface area contributed by atoms with Crippen LogP contribution in [-0.4, -0.2) is 42.5 Å². The quantitative estimate of drug-likeness (QED) is 0.688. The molecule has 0 saturated carbocycles. The van der Waals surface area contributed by atoms with Gasteiger partial charge in [-0.1, -0.05) is 0 Å². The number of aliphatic hydroxyl groups excluding tert-OH is 2. The summed E-state index contributed by atoms with van der Waals surface area (Å²) in [6, 6.07) is 12.0. The van der Waals surface area contributed by atoms with Crippen molar-refractivity contribution in [2.75, 3.05) is 31.7 Å². The summed E-state index contributed by atoms with van der Waals surface area (Å²) in [5.41, 5.74) is 2.06. The van der Waals surface area contributed by atoms with Crippen LogP contribution in [0.1, 0.15) is 15.9 Å². The number of amides is 1. The number of aliphatic hydroxyl groups is 2. The summed E-state index contributed by atoms with van der Waals surface area (Å²) >= 11 is 0. The smallest absolute Gasteiger partial charge is 0.255 e. The molecule has 2 aromatic rings. The fourth-order valence-corrected chi connectivity index (χ4v) is 2.09. The van der Waals surface area contributed by atoms with Crippen LogP contribution in [0.15, 0.2) is 42.5 Å². The van der Waals surface area contributed by atoms with E-state index in [1.54, 1.807) is 42.5 Å². The Morgan fingerprint density at radius 2 is 1.54 bits per heavy atom. The fraction of sp³-hybridized carbons (Fsp3) is 0.278. The Bertz CT molecular complexity index is 670. The Morgan fingerprint density at radius 1 is 0.958 bits per heavy atom. The van der Waals surface area contributed by atoms with Crippen molar-refractivity contribution in [2.45, 2.75) is 6.92 Å². The number of hydrogen-bond acceptors (Lipinski definition) is 5. The van der Waals surface area contributed by atoms with Crippen LogP contribution in [0.4, 0.5) is 5.69 Å². The third-order valence-corrected chi connectivity index (χ3v) is 3.28. The van der Waals surface area contributed by atoms with Crippen molar-refractivity contribution in [1.29, 1.82) is 0 Å². The number of carbonyl (C=O) groups is 1. The molecule has 2 aromatic carbocycles. The van der Waals surface area contributed by atoms with E-state index in [0.29, 0.717) is 22.7 Å². The minimum Gasteiger partial charge on any atom is -0.491 e. The van der Waals surface area contributed by atoms with Crippen LogP contribution < -0.4 is 14.8 Å². The zero-order chi connectivity index (χ0) is 17.4. The van der Waals surface area contributed by atoms with Crippen LogP contribution in [0, 0.1) is 6.92 Å². The fourth-order valence-electron chi connectivity index (χ4n) is 2.09.